The van der Waals surface area contributed by atoms with Crippen LogP contribution in [0.5, 0.6) is 5.75 Å². The standard InChI is InChI=1S/C17H15FN2O6/c1-11(17(22)19-13-8-6-12(18)7-9-13)26-16(21)10-25-15-5-3-2-4-14(15)20(23)24/h2-9,11H,10H2,1H3,(H,19,22)/t11-/m1/s1. The van der Waals surface area contributed by atoms with Crippen molar-refractivity contribution in [2.75, 3.05) is 11.9 Å². The Labute approximate surface area is 147 Å². The van der Waals surface area contributed by atoms with Gasteiger partial charge in [0.05, 0.1) is 4.92 Å². The van der Waals surface area contributed by atoms with Gasteiger partial charge in [-0.05, 0) is 37.3 Å². The first-order valence-electron chi connectivity index (χ1n) is 7.49. The SMILES string of the molecule is C[C@@H](OC(=O)COc1ccccc1[N+](=O)[O-])C(=O)Nc1ccc(F)cc1. The van der Waals surface area contributed by atoms with Crippen LogP contribution in [0.1, 0.15) is 6.92 Å². The quantitative estimate of drug-likeness (QED) is 0.461. The van der Waals surface area contributed by atoms with Crippen LogP contribution in [-0.2, 0) is 14.3 Å². The van der Waals surface area contributed by atoms with Gasteiger partial charge in [-0.25, -0.2) is 9.18 Å². The first-order valence-corrected chi connectivity index (χ1v) is 7.49. The Balaban J connectivity index is 1.86. The highest BCUT2D eigenvalue weighted by Crippen LogP contribution is 2.25. The lowest BCUT2D eigenvalue weighted by atomic mass is 10.3. The lowest BCUT2D eigenvalue weighted by Gasteiger charge is -2.14. The Morgan fingerprint density at radius 1 is 1.19 bits per heavy atom. The summed E-state index contributed by atoms with van der Waals surface area (Å²) in [5.41, 5.74) is 0.0536. The van der Waals surface area contributed by atoms with Gasteiger partial charge in [0.2, 0.25) is 0 Å². The Bertz CT molecular complexity index is 809. The average Bonchev–Trinajstić information content (AvgIpc) is 2.62. The van der Waals surface area contributed by atoms with Crippen molar-refractivity contribution in [1.82, 2.24) is 0 Å². The topological polar surface area (TPSA) is 108 Å². The molecule has 0 saturated heterocycles. The molecule has 0 spiro atoms. The molecule has 0 aliphatic rings. The molecule has 0 aliphatic carbocycles. The summed E-state index contributed by atoms with van der Waals surface area (Å²) >= 11 is 0. The van der Waals surface area contributed by atoms with Crippen molar-refractivity contribution in [1.29, 1.82) is 0 Å². The molecule has 136 valence electrons. The lowest BCUT2D eigenvalue weighted by Crippen LogP contribution is -2.31. The van der Waals surface area contributed by atoms with E-state index in [4.69, 9.17) is 9.47 Å². The summed E-state index contributed by atoms with van der Waals surface area (Å²) in [4.78, 5) is 33.9. The van der Waals surface area contributed by atoms with Gasteiger partial charge < -0.3 is 14.8 Å². The predicted molar refractivity (Wildman–Crippen MR) is 89.2 cm³/mol. The molecule has 2 rings (SSSR count). The van der Waals surface area contributed by atoms with Crippen LogP contribution < -0.4 is 10.1 Å². The Morgan fingerprint density at radius 3 is 2.50 bits per heavy atom. The fraction of sp³-hybridized carbons (Fsp3) is 0.176. The van der Waals surface area contributed by atoms with Gasteiger partial charge in [-0.1, -0.05) is 12.1 Å². The molecule has 0 radical (unpaired) electrons. The summed E-state index contributed by atoms with van der Waals surface area (Å²) in [6.45, 7) is 0.751. The van der Waals surface area contributed by atoms with Crippen LogP contribution in [0.15, 0.2) is 48.5 Å². The summed E-state index contributed by atoms with van der Waals surface area (Å²) in [6, 6.07) is 10.6. The zero-order chi connectivity index (χ0) is 19.1. The number of amides is 1. The number of anilines is 1. The fourth-order valence-corrected chi connectivity index (χ4v) is 1.93. The third kappa shape index (κ3) is 5.26. The van der Waals surface area contributed by atoms with Gasteiger partial charge in [-0.15, -0.1) is 0 Å². The number of nitro benzene ring substituents is 1. The summed E-state index contributed by atoms with van der Waals surface area (Å²) in [5, 5.41) is 13.3. The number of nitro groups is 1. The van der Waals surface area contributed by atoms with Crippen molar-refractivity contribution in [2.45, 2.75) is 13.0 Å². The van der Waals surface area contributed by atoms with Crippen LogP contribution in [0.25, 0.3) is 0 Å². The van der Waals surface area contributed by atoms with Crippen molar-refractivity contribution in [3.05, 3.63) is 64.5 Å². The maximum Gasteiger partial charge on any atom is 0.344 e. The van der Waals surface area contributed by atoms with E-state index in [9.17, 15) is 24.1 Å². The second-order valence-electron chi connectivity index (χ2n) is 5.14. The van der Waals surface area contributed by atoms with Crippen molar-refractivity contribution < 1.29 is 28.4 Å². The zero-order valence-electron chi connectivity index (χ0n) is 13.7. The first-order chi connectivity index (χ1) is 12.4. The van der Waals surface area contributed by atoms with Crippen LogP contribution in [-0.4, -0.2) is 29.5 Å². The molecule has 1 atom stereocenters. The highest BCUT2D eigenvalue weighted by molar-refractivity contribution is 5.95. The number of nitrogens with one attached hydrogen (secondary N) is 1. The van der Waals surface area contributed by atoms with Crippen LogP contribution in [0.3, 0.4) is 0 Å². The minimum atomic E-state index is -1.14. The van der Waals surface area contributed by atoms with Gasteiger partial charge in [0, 0.05) is 11.8 Å². The number of ether oxygens (including phenoxy) is 2. The molecule has 2 aromatic carbocycles. The number of rotatable bonds is 7. The third-order valence-corrected chi connectivity index (χ3v) is 3.20. The second-order valence-corrected chi connectivity index (χ2v) is 5.14. The van der Waals surface area contributed by atoms with Gasteiger partial charge >= 0.3 is 11.7 Å². The van der Waals surface area contributed by atoms with E-state index in [0.29, 0.717) is 5.69 Å². The number of hydrogen-bond donors (Lipinski definition) is 1. The Kier molecular flexibility index (Phi) is 6.20. The summed E-state index contributed by atoms with van der Waals surface area (Å²) in [5.74, 6) is -2.02. The monoisotopic (exact) mass is 362 g/mol. The summed E-state index contributed by atoms with van der Waals surface area (Å²) < 4.78 is 22.8. The van der Waals surface area contributed by atoms with E-state index in [1.807, 2.05) is 0 Å². The molecule has 0 heterocycles. The molecule has 0 aromatic heterocycles. The fourth-order valence-electron chi connectivity index (χ4n) is 1.93. The van der Waals surface area contributed by atoms with Crippen LogP contribution in [0.4, 0.5) is 15.8 Å². The average molecular weight is 362 g/mol. The normalized spacial score (nSPS) is 11.3. The molecule has 0 aliphatic heterocycles. The van der Waals surface area contributed by atoms with Gasteiger partial charge in [0.15, 0.2) is 18.5 Å². The van der Waals surface area contributed by atoms with E-state index in [2.05, 4.69) is 5.32 Å². The highest BCUT2D eigenvalue weighted by atomic mass is 19.1. The largest absolute Gasteiger partial charge is 0.475 e. The molecule has 0 saturated carbocycles. The first kappa shape index (κ1) is 18.8. The minimum Gasteiger partial charge on any atom is -0.475 e. The predicted octanol–water partition coefficient (Wildman–Crippen LogP) is 2.68. The maximum atomic E-state index is 12.8. The molecule has 0 fully saturated rings. The van der Waals surface area contributed by atoms with Gasteiger partial charge in [-0.2, -0.15) is 0 Å². The molecule has 8 nitrogen and oxygen atoms in total. The molecule has 1 N–H and O–H groups in total. The summed E-state index contributed by atoms with van der Waals surface area (Å²) in [7, 11) is 0. The molecular weight excluding hydrogens is 347 g/mol. The van der Waals surface area contributed by atoms with Gasteiger partial charge in [0.25, 0.3) is 5.91 Å². The third-order valence-electron chi connectivity index (χ3n) is 3.20. The summed E-state index contributed by atoms with van der Waals surface area (Å²) in [6.07, 6.45) is -1.14. The van der Waals surface area contributed by atoms with Crippen molar-refractivity contribution in [2.24, 2.45) is 0 Å². The van der Waals surface area contributed by atoms with E-state index in [-0.39, 0.29) is 11.4 Å². The van der Waals surface area contributed by atoms with E-state index >= 15 is 0 Å². The number of nitrogens with zero attached hydrogens (tertiary/aromatic N) is 1. The van der Waals surface area contributed by atoms with Crippen LogP contribution in [0, 0.1) is 15.9 Å². The number of para-hydroxylation sites is 2. The molecule has 0 bridgehead atoms. The number of carbonyl (C=O) groups is 2. The zero-order valence-corrected chi connectivity index (χ0v) is 13.7. The molecule has 26 heavy (non-hydrogen) atoms. The number of hydrogen-bond acceptors (Lipinski definition) is 6. The Morgan fingerprint density at radius 2 is 1.85 bits per heavy atom. The number of carbonyl (C=O) groups excluding carboxylic acids is 2. The highest BCUT2D eigenvalue weighted by Gasteiger charge is 2.20. The molecule has 0 unspecified atom stereocenters. The molecule has 1 amide bonds. The van der Waals surface area contributed by atoms with Gasteiger partial charge in [-0.3, -0.25) is 14.9 Å². The van der Waals surface area contributed by atoms with E-state index in [1.54, 1.807) is 0 Å². The minimum absolute atomic E-state index is 0.0853. The smallest absolute Gasteiger partial charge is 0.344 e. The molecular formula is C17H15FN2O6. The number of halogens is 1. The van der Waals surface area contributed by atoms with Crippen LogP contribution in [0.2, 0.25) is 0 Å². The molecule has 9 heteroatoms. The number of esters is 1. The molecule has 2 aromatic rings. The van der Waals surface area contributed by atoms with Crippen LogP contribution >= 0.6 is 0 Å². The van der Waals surface area contributed by atoms with Crippen molar-refractivity contribution in [3.8, 4) is 5.75 Å². The maximum absolute atomic E-state index is 12.8. The van der Waals surface area contributed by atoms with Crippen molar-refractivity contribution >= 4 is 23.3 Å². The second kappa shape index (κ2) is 8.56. The lowest BCUT2D eigenvalue weighted by molar-refractivity contribution is -0.385. The Hall–Kier alpha value is -3.49. The van der Waals surface area contributed by atoms with E-state index in [1.165, 1.54) is 55.5 Å². The van der Waals surface area contributed by atoms with Crippen molar-refractivity contribution in [3.63, 3.8) is 0 Å². The van der Waals surface area contributed by atoms with E-state index < -0.39 is 35.3 Å². The van der Waals surface area contributed by atoms with Gasteiger partial charge in [0.1, 0.15) is 5.82 Å². The van der Waals surface area contributed by atoms with E-state index in [0.717, 1.165) is 0 Å². The number of benzene rings is 2.